The number of methoxy groups -OCH3 is 1. The highest BCUT2D eigenvalue weighted by Crippen LogP contribution is 2.42. The highest BCUT2D eigenvalue weighted by molar-refractivity contribution is 5.86. The van der Waals surface area contributed by atoms with Crippen molar-refractivity contribution in [2.24, 2.45) is 10.4 Å². The van der Waals surface area contributed by atoms with Crippen molar-refractivity contribution in [3.8, 4) is 0 Å². The van der Waals surface area contributed by atoms with E-state index in [9.17, 15) is 4.79 Å². The molecular formula is C17H32N4O2. The summed E-state index contributed by atoms with van der Waals surface area (Å²) in [5.74, 6) is 0.721. The van der Waals surface area contributed by atoms with E-state index in [1.165, 1.54) is 19.3 Å². The molecule has 3 N–H and O–H groups in total. The number of aliphatic imine (C=N–C) groups is 1. The molecule has 23 heavy (non-hydrogen) atoms. The number of amides is 1. The van der Waals surface area contributed by atoms with Gasteiger partial charge in [-0.3, -0.25) is 9.79 Å². The van der Waals surface area contributed by atoms with E-state index in [1.54, 1.807) is 14.2 Å². The van der Waals surface area contributed by atoms with Gasteiger partial charge in [-0.15, -0.1) is 0 Å². The van der Waals surface area contributed by atoms with Gasteiger partial charge in [0.05, 0.1) is 12.6 Å². The van der Waals surface area contributed by atoms with Gasteiger partial charge < -0.3 is 20.7 Å². The molecule has 0 aliphatic heterocycles. The zero-order valence-electron chi connectivity index (χ0n) is 14.9. The lowest BCUT2D eigenvalue weighted by molar-refractivity contribution is -0.120. The summed E-state index contributed by atoms with van der Waals surface area (Å²) in [7, 11) is 3.49. The Labute approximate surface area is 139 Å². The van der Waals surface area contributed by atoms with Crippen molar-refractivity contribution in [1.29, 1.82) is 0 Å². The molecule has 0 aromatic rings. The zero-order valence-corrected chi connectivity index (χ0v) is 14.9. The van der Waals surface area contributed by atoms with Crippen LogP contribution in [0.25, 0.3) is 0 Å². The number of hydrogen-bond donors (Lipinski definition) is 3. The minimum Gasteiger partial charge on any atom is -0.381 e. The van der Waals surface area contributed by atoms with Crippen LogP contribution in [0.4, 0.5) is 0 Å². The molecule has 2 atom stereocenters. The van der Waals surface area contributed by atoms with Gasteiger partial charge >= 0.3 is 0 Å². The third-order valence-corrected chi connectivity index (χ3v) is 5.38. The van der Waals surface area contributed by atoms with Crippen LogP contribution >= 0.6 is 0 Å². The van der Waals surface area contributed by atoms with Crippen molar-refractivity contribution < 1.29 is 9.53 Å². The molecule has 0 saturated heterocycles. The second kappa shape index (κ2) is 7.99. The Morgan fingerprint density at radius 1 is 1.22 bits per heavy atom. The molecule has 132 valence electrons. The summed E-state index contributed by atoms with van der Waals surface area (Å²) in [6, 6.07) is 0.654. The molecule has 0 heterocycles. The fourth-order valence-electron chi connectivity index (χ4n) is 3.58. The van der Waals surface area contributed by atoms with E-state index >= 15 is 0 Å². The van der Waals surface area contributed by atoms with Crippen LogP contribution in [0.1, 0.15) is 52.4 Å². The Morgan fingerprint density at radius 2 is 1.91 bits per heavy atom. The molecule has 0 bridgehead atoms. The number of guanidine groups is 1. The maximum absolute atomic E-state index is 12.1. The molecular weight excluding hydrogens is 292 g/mol. The van der Waals surface area contributed by atoms with Gasteiger partial charge in [-0.1, -0.05) is 33.1 Å². The lowest BCUT2D eigenvalue weighted by Crippen LogP contribution is -2.63. The Bertz CT molecular complexity index is 430. The molecule has 0 radical (unpaired) electrons. The average Bonchev–Trinajstić information content (AvgIpc) is 2.54. The summed E-state index contributed by atoms with van der Waals surface area (Å²) in [6.07, 6.45) is 7.17. The summed E-state index contributed by atoms with van der Waals surface area (Å²) < 4.78 is 5.47. The molecule has 1 amide bonds. The van der Waals surface area contributed by atoms with Crippen LogP contribution in [0, 0.1) is 5.41 Å². The van der Waals surface area contributed by atoms with Crippen LogP contribution in [0.5, 0.6) is 0 Å². The van der Waals surface area contributed by atoms with Gasteiger partial charge in [0.25, 0.3) is 0 Å². The van der Waals surface area contributed by atoms with Crippen LogP contribution in [-0.4, -0.2) is 50.8 Å². The van der Waals surface area contributed by atoms with Crippen LogP contribution in [0.3, 0.4) is 0 Å². The summed E-state index contributed by atoms with van der Waals surface area (Å²) in [5.41, 5.74) is 0.0662. The first-order chi connectivity index (χ1) is 11.0. The molecule has 2 saturated carbocycles. The van der Waals surface area contributed by atoms with Gasteiger partial charge in [-0.2, -0.15) is 0 Å². The van der Waals surface area contributed by atoms with Crippen LogP contribution in [-0.2, 0) is 9.53 Å². The van der Waals surface area contributed by atoms with E-state index in [0.717, 1.165) is 19.3 Å². The molecule has 0 spiro atoms. The van der Waals surface area contributed by atoms with E-state index in [2.05, 4.69) is 34.8 Å². The summed E-state index contributed by atoms with van der Waals surface area (Å²) in [5, 5.41) is 9.62. The maximum atomic E-state index is 12.1. The minimum atomic E-state index is 0.0440. The van der Waals surface area contributed by atoms with Gasteiger partial charge in [-0.05, 0) is 19.3 Å². The number of nitrogens with zero attached hydrogens (tertiary/aromatic N) is 1. The van der Waals surface area contributed by atoms with Gasteiger partial charge in [0.2, 0.25) is 5.91 Å². The maximum Gasteiger partial charge on any atom is 0.239 e. The molecule has 2 rings (SSSR count). The van der Waals surface area contributed by atoms with E-state index < -0.39 is 0 Å². The van der Waals surface area contributed by atoms with Gasteiger partial charge in [-0.25, -0.2) is 0 Å². The zero-order chi connectivity index (χ0) is 16.9. The smallest absolute Gasteiger partial charge is 0.239 e. The first kappa shape index (κ1) is 18.0. The summed E-state index contributed by atoms with van der Waals surface area (Å²) in [4.78, 5) is 16.3. The second-order valence-electron chi connectivity index (χ2n) is 7.31. The topological polar surface area (TPSA) is 74.8 Å². The molecule has 0 aromatic carbocycles. The molecule has 6 nitrogen and oxygen atoms in total. The largest absolute Gasteiger partial charge is 0.381 e. The fraction of sp³-hybridized carbons (Fsp3) is 0.882. The molecule has 2 unspecified atom stereocenters. The molecule has 2 fully saturated rings. The number of ether oxygens (including phenoxy) is 1. The van der Waals surface area contributed by atoms with Crippen molar-refractivity contribution in [2.75, 3.05) is 20.7 Å². The quantitative estimate of drug-likeness (QED) is 0.528. The third kappa shape index (κ3) is 4.59. The van der Waals surface area contributed by atoms with Gasteiger partial charge in [0, 0.05) is 31.7 Å². The predicted molar refractivity (Wildman–Crippen MR) is 92.5 cm³/mol. The van der Waals surface area contributed by atoms with Crippen molar-refractivity contribution in [1.82, 2.24) is 16.0 Å². The van der Waals surface area contributed by atoms with Crippen molar-refractivity contribution in [3.05, 3.63) is 0 Å². The van der Waals surface area contributed by atoms with E-state index in [1.807, 2.05) is 0 Å². The monoisotopic (exact) mass is 324 g/mol. The highest BCUT2D eigenvalue weighted by Gasteiger charge is 2.48. The number of rotatable bonds is 5. The minimum absolute atomic E-state index is 0.0440. The lowest BCUT2D eigenvalue weighted by atomic mass is 9.64. The highest BCUT2D eigenvalue weighted by atomic mass is 16.5. The van der Waals surface area contributed by atoms with Crippen LogP contribution < -0.4 is 16.0 Å². The molecule has 2 aliphatic rings. The second-order valence-corrected chi connectivity index (χ2v) is 7.31. The average molecular weight is 324 g/mol. The Balaban J connectivity index is 1.72. The SMILES string of the molecule is CN=C(NCC(=O)NC1CCCCC1)NC1CC(OC)C1(C)C. The van der Waals surface area contributed by atoms with E-state index in [4.69, 9.17) is 4.74 Å². The number of nitrogens with one attached hydrogen (secondary N) is 3. The predicted octanol–water partition coefficient (Wildman–Crippen LogP) is 1.41. The third-order valence-electron chi connectivity index (χ3n) is 5.38. The standard InChI is InChI=1S/C17H32N4O2/c1-17(2)13(10-14(17)23-4)21-16(18-3)19-11-15(22)20-12-8-6-5-7-9-12/h12-14H,5-11H2,1-4H3,(H,20,22)(H2,18,19,21). The Hall–Kier alpha value is -1.30. The number of carbonyl (C=O) groups excluding carboxylic acids is 1. The number of carbonyl (C=O) groups is 1. The summed E-state index contributed by atoms with van der Waals surface area (Å²) >= 11 is 0. The molecule has 2 aliphatic carbocycles. The van der Waals surface area contributed by atoms with Crippen LogP contribution in [0.15, 0.2) is 4.99 Å². The van der Waals surface area contributed by atoms with Crippen molar-refractivity contribution >= 4 is 11.9 Å². The first-order valence-corrected chi connectivity index (χ1v) is 8.76. The summed E-state index contributed by atoms with van der Waals surface area (Å²) in [6.45, 7) is 4.63. The van der Waals surface area contributed by atoms with E-state index in [0.29, 0.717) is 18.0 Å². The number of hydrogen-bond acceptors (Lipinski definition) is 3. The van der Waals surface area contributed by atoms with Crippen molar-refractivity contribution in [3.63, 3.8) is 0 Å². The van der Waals surface area contributed by atoms with E-state index in [-0.39, 0.29) is 24.0 Å². The normalized spacial score (nSPS) is 27.9. The Morgan fingerprint density at radius 3 is 2.48 bits per heavy atom. The van der Waals surface area contributed by atoms with Gasteiger partial charge in [0.15, 0.2) is 5.96 Å². The molecule has 0 aromatic heterocycles. The Kier molecular flexibility index (Phi) is 6.27. The van der Waals surface area contributed by atoms with Crippen LogP contribution in [0.2, 0.25) is 0 Å². The molecule has 6 heteroatoms. The fourth-order valence-corrected chi connectivity index (χ4v) is 3.58. The lowest BCUT2D eigenvalue weighted by Gasteiger charge is -2.51. The van der Waals surface area contributed by atoms with Gasteiger partial charge in [0.1, 0.15) is 0 Å². The van der Waals surface area contributed by atoms with Crippen molar-refractivity contribution in [2.45, 2.75) is 70.6 Å². The first-order valence-electron chi connectivity index (χ1n) is 8.76.